The molecule has 2 heterocycles. The van der Waals surface area contributed by atoms with Gasteiger partial charge in [0.15, 0.2) is 0 Å². The standard InChI is InChI=1S/C12H21N3S/c1-12(2,3)10-13-14-11(16-10)15-8-6-4-5-7-9-15/h4-9H2,1-3H3. The van der Waals surface area contributed by atoms with E-state index in [1.807, 2.05) is 0 Å². The van der Waals surface area contributed by atoms with E-state index in [1.165, 1.54) is 25.7 Å². The topological polar surface area (TPSA) is 29.0 Å². The monoisotopic (exact) mass is 239 g/mol. The molecule has 4 heteroatoms. The number of aromatic nitrogens is 2. The molecule has 0 N–H and O–H groups in total. The summed E-state index contributed by atoms with van der Waals surface area (Å²) < 4.78 is 0. The van der Waals surface area contributed by atoms with Crippen molar-refractivity contribution in [2.45, 2.75) is 51.9 Å². The Hall–Kier alpha value is -0.640. The summed E-state index contributed by atoms with van der Waals surface area (Å²) in [7, 11) is 0. The van der Waals surface area contributed by atoms with E-state index in [0.29, 0.717) is 0 Å². The zero-order chi connectivity index (χ0) is 11.6. The molecule has 1 aliphatic heterocycles. The van der Waals surface area contributed by atoms with Crippen molar-refractivity contribution in [1.29, 1.82) is 0 Å². The molecular formula is C12H21N3S. The summed E-state index contributed by atoms with van der Waals surface area (Å²) in [5, 5.41) is 10.9. The summed E-state index contributed by atoms with van der Waals surface area (Å²) in [6.07, 6.45) is 5.32. The first-order chi connectivity index (χ1) is 7.57. The van der Waals surface area contributed by atoms with Crippen LogP contribution in [0.2, 0.25) is 0 Å². The molecule has 1 saturated heterocycles. The zero-order valence-corrected chi connectivity index (χ0v) is 11.3. The average Bonchev–Trinajstić information content (AvgIpc) is 2.55. The Kier molecular flexibility index (Phi) is 3.47. The summed E-state index contributed by atoms with van der Waals surface area (Å²) in [4.78, 5) is 2.40. The van der Waals surface area contributed by atoms with Gasteiger partial charge in [-0.25, -0.2) is 0 Å². The lowest BCUT2D eigenvalue weighted by Gasteiger charge is -2.18. The summed E-state index contributed by atoms with van der Waals surface area (Å²) >= 11 is 1.76. The highest BCUT2D eigenvalue weighted by Gasteiger charge is 2.21. The Labute approximate surface area is 102 Å². The SMILES string of the molecule is CC(C)(C)c1nnc(N2CCCCCC2)s1. The van der Waals surface area contributed by atoms with E-state index in [4.69, 9.17) is 0 Å². The van der Waals surface area contributed by atoms with Crippen molar-refractivity contribution in [1.82, 2.24) is 10.2 Å². The van der Waals surface area contributed by atoms with Gasteiger partial charge < -0.3 is 4.90 Å². The van der Waals surface area contributed by atoms with Gasteiger partial charge in [0.2, 0.25) is 5.13 Å². The molecule has 2 rings (SSSR count). The van der Waals surface area contributed by atoms with Gasteiger partial charge in [0.05, 0.1) is 0 Å². The minimum absolute atomic E-state index is 0.127. The second kappa shape index (κ2) is 4.70. The van der Waals surface area contributed by atoms with Gasteiger partial charge in [-0.3, -0.25) is 0 Å². The number of hydrogen-bond donors (Lipinski definition) is 0. The number of hydrogen-bond acceptors (Lipinski definition) is 4. The molecule has 0 aliphatic carbocycles. The minimum Gasteiger partial charge on any atom is -0.347 e. The van der Waals surface area contributed by atoms with Gasteiger partial charge >= 0.3 is 0 Å². The first kappa shape index (κ1) is 11.8. The predicted octanol–water partition coefficient (Wildman–Crippen LogP) is 3.22. The van der Waals surface area contributed by atoms with E-state index in [0.717, 1.165) is 23.2 Å². The van der Waals surface area contributed by atoms with E-state index in [-0.39, 0.29) is 5.41 Å². The Morgan fingerprint density at radius 3 is 2.12 bits per heavy atom. The first-order valence-corrected chi connectivity index (χ1v) is 6.98. The van der Waals surface area contributed by atoms with Crippen LogP contribution < -0.4 is 4.90 Å². The van der Waals surface area contributed by atoms with E-state index < -0.39 is 0 Å². The zero-order valence-electron chi connectivity index (χ0n) is 10.5. The van der Waals surface area contributed by atoms with Crippen molar-refractivity contribution in [2.75, 3.05) is 18.0 Å². The third kappa shape index (κ3) is 2.73. The fraction of sp³-hybridized carbons (Fsp3) is 0.833. The third-order valence-corrected chi connectivity index (χ3v) is 4.34. The fourth-order valence-electron chi connectivity index (χ4n) is 1.91. The second-order valence-corrected chi connectivity index (χ2v) is 6.50. The van der Waals surface area contributed by atoms with Gasteiger partial charge in [-0.15, -0.1) is 10.2 Å². The molecule has 0 saturated carbocycles. The van der Waals surface area contributed by atoms with Crippen LogP contribution in [-0.4, -0.2) is 23.3 Å². The maximum atomic E-state index is 4.34. The van der Waals surface area contributed by atoms with Crippen LogP contribution in [-0.2, 0) is 5.41 Å². The van der Waals surface area contributed by atoms with Crippen LogP contribution in [0, 0.1) is 0 Å². The van der Waals surface area contributed by atoms with Gasteiger partial charge in [0, 0.05) is 18.5 Å². The van der Waals surface area contributed by atoms with Crippen molar-refractivity contribution in [3.8, 4) is 0 Å². The van der Waals surface area contributed by atoms with E-state index in [2.05, 4.69) is 35.9 Å². The molecule has 1 aromatic rings. The molecule has 1 aromatic heterocycles. The third-order valence-electron chi connectivity index (χ3n) is 2.93. The van der Waals surface area contributed by atoms with Crippen molar-refractivity contribution >= 4 is 16.5 Å². The van der Waals surface area contributed by atoms with Gasteiger partial charge in [-0.2, -0.15) is 0 Å². The van der Waals surface area contributed by atoms with Crippen LogP contribution in [0.5, 0.6) is 0 Å². The van der Waals surface area contributed by atoms with Crippen molar-refractivity contribution in [3.63, 3.8) is 0 Å². The van der Waals surface area contributed by atoms with Gasteiger partial charge in [0.1, 0.15) is 5.01 Å². The first-order valence-electron chi connectivity index (χ1n) is 6.16. The van der Waals surface area contributed by atoms with Crippen molar-refractivity contribution in [2.24, 2.45) is 0 Å². The van der Waals surface area contributed by atoms with Crippen LogP contribution in [0.3, 0.4) is 0 Å². The maximum Gasteiger partial charge on any atom is 0.208 e. The normalized spacial score (nSPS) is 18.6. The van der Waals surface area contributed by atoms with Crippen molar-refractivity contribution < 1.29 is 0 Å². The molecule has 0 atom stereocenters. The minimum atomic E-state index is 0.127. The quantitative estimate of drug-likeness (QED) is 0.753. The van der Waals surface area contributed by atoms with Crippen LogP contribution in [0.25, 0.3) is 0 Å². The summed E-state index contributed by atoms with van der Waals surface area (Å²) in [6, 6.07) is 0. The lowest BCUT2D eigenvalue weighted by atomic mass is 9.98. The smallest absolute Gasteiger partial charge is 0.208 e. The highest BCUT2D eigenvalue weighted by molar-refractivity contribution is 7.15. The molecule has 0 radical (unpaired) electrons. The average molecular weight is 239 g/mol. The molecule has 90 valence electrons. The molecule has 1 aliphatic rings. The predicted molar refractivity (Wildman–Crippen MR) is 69.3 cm³/mol. The number of rotatable bonds is 1. The summed E-state index contributed by atoms with van der Waals surface area (Å²) in [5.74, 6) is 0. The Balaban J connectivity index is 2.11. The molecule has 3 nitrogen and oxygen atoms in total. The van der Waals surface area contributed by atoms with E-state index >= 15 is 0 Å². The fourth-order valence-corrected chi connectivity index (χ4v) is 2.86. The molecule has 16 heavy (non-hydrogen) atoms. The molecule has 1 fully saturated rings. The number of nitrogens with zero attached hydrogens (tertiary/aromatic N) is 3. The van der Waals surface area contributed by atoms with Crippen LogP contribution >= 0.6 is 11.3 Å². The lowest BCUT2D eigenvalue weighted by Crippen LogP contribution is -2.23. The Morgan fingerprint density at radius 1 is 1.00 bits per heavy atom. The van der Waals surface area contributed by atoms with Crippen LogP contribution in [0.4, 0.5) is 5.13 Å². The van der Waals surface area contributed by atoms with Crippen LogP contribution in [0.15, 0.2) is 0 Å². The maximum absolute atomic E-state index is 4.34. The highest BCUT2D eigenvalue weighted by Crippen LogP contribution is 2.30. The summed E-state index contributed by atoms with van der Waals surface area (Å²) in [5.41, 5.74) is 0.127. The highest BCUT2D eigenvalue weighted by atomic mass is 32.1. The van der Waals surface area contributed by atoms with Crippen LogP contribution in [0.1, 0.15) is 51.5 Å². The molecule has 0 aromatic carbocycles. The molecule has 0 spiro atoms. The molecule has 0 amide bonds. The lowest BCUT2D eigenvalue weighted by molar-refractivity contribution is 0.578. The second-order valence-electron chi connectivity index (χ2n) is 5.54. The molecule has 0 unspecified atom stereocenters. The van der Waals surface area contributed by atoms with E-state index in [1.54, 1.807) is 11.3 Å². The van der Waals surface area contributed by atoms with Gasteiger partial charge in [-0.05, 0) is 12.8 Å². The Bertz CT molecular complexity index is 332. The Morgan fingerprint density at radius 2 is 1.62 bits per heavy atom. The van der Waals surface area contributed by atoms with Gasteiger partial charge in [-0.1, -0.05) is 44.9 Å². The molecule has 0 bridgehead atoms. The largest absolute Gasteiger partial charge is 0.347 e. The van der Waals surface area contributed by atoms with Crippen molar-refractivity contribution in [3.05, 3.63) is 5.01 Å². The summed E-state index contributed by atoms with van der Waals surface area (Å²) in [6.45, 7) is 8.89. The van der Waals surface area contributed by atoms with E-state index in [9.17, 15) is 0 Å². The van der Waals surface area contributed by atoms with Gasteiger partial charge in [0.25, 0.3) is 0 Å². The number of anilines is 1. The molecular weight excluding hydrogens is 218 g/mol.